The summed E-state index contributed by atoms with van der Waals surface area (Å²) in [4.78, 5) is 0.000724. The summed E-state index contributed by atoms with van der Waals surface area (Å²) in [5.41, 5.74) is 0.833. The van der Waals surface area contributed by atoms with Crippen molar-refractivity contribution in [3.8, 4) is 11.4 Å². The highest BCUT2D eigenvalue weighted by Crippen LogP contribution is 2.31. The van der Waals surface area contributed by atoms with Gasteiger partial charge in [0.15, 0.2) is 0 Å². The zero-order chi connectivity index (χ0) is 18.1. The Hall–Kier alpha value is -2.97. The first kappa shape index (κ1) is 16.5. The fourth-order valence-corrected chi connectivity index (χ4v) is 4.29. The number of sulfonamides is 1. The molecule has 0 atom stereocenters. The van der Waals surface area contributed by atoms with Crippen LogP contribution in [0.5, 0.6) is 0 Å². The first-order chi connectivity index (χ1) is 12.5. The van der Waals surface area contributed by atoms with E-state index in [2.05, 4.69) is 25.3 Å². The fourth-order valence-electron chi connectivity index (χ4n) is 2.64. The van der Waals surface area contributed by atoms with E-state index in [-0.39, 0.29) is 15.7 Å². The van der Waals surface area contributed by atoms with Crippen molar-refractivity contribution in [3.63, 3.8) is 0 Å². The minimum atomic E-state index is -3.92. The van der Waals surface area contributed by atoms with Crippen molar-refractivity contribution < 1.29 is 8.42 Å². The molecule has 9 heteroatoms. The first-order valence-corrected chi connectivity index (χ1v) is 9.45. The van der Waals surface area contributed by atoms with Gasteiger partial charge in [0.25, 0.3) is 10.0 Å². The van der Waals surface area contributed by atoms with Crippen molar-refractivity contribution in [1.29, 1.82) is 0 Å². The van der Waals surface area contributed by atoms with E-state index in [1.165, 1.54) is 0 Å². The maximum absolute atomic E-state index is 12.9. The monoisotopic (exact) mass is 385 g/mol. The van der Waals surface area contributed by atoms with Crippen LogP contribution in [0.3, 0.4) is 0 Å². The van der Waals surface area contributed by atoms with Crippen molar-refractivity contribution in [2.24, 2.45) is 0 Å². The molecule has 0 saturated heterocycles. The molecule has 0 aliphatic carbocycles. The first-order valence-electron chi connectivity index (χ1n) is 7.58. The average Bonchev–Trinajstić information content (AvgIpc) is 3.15. The van der Waals surface area contributed by atoms with E-state index in [9.17, 15) is 8.42 Å². The Morgan fingerprint density at radius 3 is 2.38 bits per heavy atom. The molecular weight excluding hydrogens is 374 g/mol. The highest BCUT2D eigenvalue weighted by Gasteiger charge is 2.21. The molecule has 0 aliphatic rings. The maximum atomic E-state index is 12.9. The third-order valence-electron chi connectivity index (χ3n) is 3.85. The average molecular weight is 386 g/mol. The van der Waals surface area contributed by atoms with Gasteiger partial charge in [0.05, 0.1) is 10.7 Å². The lowest BCUT2D eigenvalue weighted by Crippen LogP contribution is -2.14. The van der Waals surface area contributed by atoms with Gasteiger partial charge in [-0.05, 0) is 40.3 Å². The molecule has 0 saturated carbocycles. The molecule has 26 heavy (non-hydrogen) atoms. The summed E-state index contributed by atoms with van der Waals surface area (Å²) in [5, 5.41) is 15.5. The number of benzene rings is 3. The minimum absolute atomic E-state index is 0.000724. The van der Waals surface area contributed by atoms with Gasteiger partial charge in [-0.1, -0.05) is 48.0 Å². The number of aromatic nitrogens is 4. The molecule has 4 aromatic rings. The molecule has 0 aliphatic heterocycles. The van der Waals surface area contributed by atoms with Crippen molar-refractivity contribution in [2.75, 3.05) is 4.72 Å². The molecule has 2 N–H and O–H groups in total. The molecule has 3 aromatic carbocycles. The lowest BCUT2D eigenvalue weighted by molar-refractivity contribution is 0.601. The molecule has 130 valence electrons. The summed E-state index contributed by atoms with van der Waals surface area (Å²) >= 11 is 6.23. The Morgan fingerprint density at radius 2 is 1.65 bits per heavy atom. The summed E-state index contributed by atoms with van der Waals surface area (Å²) < 4.78 is 28.4. The smallest absolute Gasteiger partial charge is 0.263 e. The van der Waals surface area contributed by atoms with E-state index in [0.717, 1.165) is 10.8 Å². The van der Waals surface area contributed by atoms with Gasteiger partial charge in [0, 0.05) is 5.56 Å². The standard InChI is InChI=1S/C17H12ClN5O2S/c18-14-9-11-5-1-2-6-12(11)10-16(14)26(24,25)21-15-8-4-3-7-13(15)17-19-22-23-20-17/h1-10,21H,(H,19,20,22,23). The van der Waals surface area contributed by atoms with Crippen LogP contribution < -0.4 is 4.72 Å². The van der Waals surface area contributed by atoms with E-state index in [4.69, 9.17) is 11.6 Å². The van der Waals surface area contributed by atoms with Gasteiger partial charge >= 0.3 is 0 Å². The SMILES string of the molecule is O=S(=O)(Nc1ccccc1-c1nn[nH]n1)c1cc2ccccc2cc1Cl. The number of hydrogen-bond donors (Lipinski definition) is 2. The Balaban J connectivity index is 1.79. The van der Waals surface area contributed by atoms with Crippen molar-refractivity contribution in [3.05, 3.63) is 65.7 Å². The second kappa shape index (κ2) is 6.40. The molecule has 4 rings (SSSR count). The Morgan fingerprint density at radius 1 is 0.962 bits per heavy atom. The van der Waals surface area contributed by atoms with Crippen LogP contribution in [0.1, 0.15) is 0 Å². The van der Waals surface area contributed by atoms with Crippen LogP contribution in [0, 0.1) is 0 Å². The van der Waals surface area contributed by atoms with Gasteiger partial charge in [-0.25, -0.2) is 8.42 Å². The number of rotatable bonds is 4. The predicted molar refractivity (Wildman–Crippen MR) is 99.4 cm³/mol. The van der Waals surface area contributed by atoms with E-state index < -0.39 is 10.0 Å². The van der Waals surface area contributed by atoms with Gasteiger partial charge in [-0.15, -0.1) is 10.2 Å². The number of nitrogens with one attached hydrogen (secondary N) is 2. The summed E-state index contributed by atoms with van der Waals surface area (Å²) in [6.07, 6.45) is 0. The largest absolute Gasteiger partial charge is 0.279 e. The second-order valence-corrected chi connectivity index (χ2v) is 7.57. The Labute approximate surface area is 154 Å². The van der Waals surface area contributed by atoms with Crippen LogP contribution in [0.4, 0.5) is 5.69 Å². The van der Waals surface area contributed by atoms with E-state index >= 15 is 0 Å². The number of anilines is 1. The van der Waals surface area contributed by atoms with Crippen LogP contribution >= 0.6 is 11.6 Å². The number of halogens is 1. The third kappa shape index (κ3) is 3.00. The number of hydrogen-bond acceptors (Lipinski definition) is 5. The summed E-state index contributed by atoms with van der Waals surface area (Å²) in [7, 11) is -3.92. The Kier molecular flexibility index (Phi) is 4.06. The number of para-hydroxylation sites is 1. The van der Waals surface area contributed by atoms with Crippen molar-refractivity contribution in [2.45, 2.75) is 4.90 Å². The fraction of sp³-hybridized carbons (Fsp3) is 0. The topological polar surface area (TPSA) is 101 Å². The van der Waals surface area contributed by atoms with Crippen LogP contribution in [-0.2, 0) is 10.0 Å². The van der Waals surface area contributed by atoms with Gasteiger partial charge < -0.3 is 0 Å². The number of nitrogens with zero attached hydrogens (tertiary/aromatic N) is 3. The van der Waals surface area contributed by atoms with Crippen molar-refractivity contribution in [1.82, 2.24) is 20.6 Å². The minimum Gasteiger partial charge on any atom is -0.279 e. The molecule has 0 radical (unpaired) electrons. The number of tetrazole rings is 1. The summed E-state index contributed by atoms with van der Waals surface area (Å²) in [6.45, 7) is 0. The number of aromatic amines is 1. The van der Waals surface area contributed by atoms with Gasteiger partial charge in [-0.2, -0.15) is 5.21 Å². The molecule has 0 unspecified atom stereocenters. The predicted octanol–water partition coefficient (Wildman–Crippen LogP) is 3.47. The van der Waals surface area contributed by atoms with Crippen LogP contribution in [0.2, 0.25) is 5.02 Å². The normalized spacial score (nSPS) is 11.6. The zero-order valence-electron chi connectivity index (χ0n) is 13.2. The van der Waals surface area contributed by atoms with Crippen molar-refractivity contribution >= 4 is 38.1 Å². The summed E-state index contributed by atoms with van der Waals surface area (Å²) in [6, 6.07) is 17.4. The maximum Gasteiger partial charge on any atom is 0.263 e. The van der Waals surface area contributed by atoms with Gasteiger partial charge in [-0.3, -0.25) is 4.72 Å². The molecule has 0 amide bonds. The molecule has 7 nitrogen and oxygen atoms in total. The molecule has 0 fully saturated rings. The highest BCUT2D eigenvalue weighted by atomic mass is 35.5. The molecule has 1 aromatic heterocycles. The lowest BCUT2D eigenvalue weighted by atomic mass is 10.1. The second-order valence-electron chi connectivity index (χ2n) is 5.52. The number of fused-ring (bicyclic) bond motifs is 1. The molecular formula is C17H12ClN5O2S. The molecule has 0 bridgehead atoms. The quantitative estimate of drug-likeness (QED) is 0.560. The Bertz CT molecular complexity index is 1190. The lowest BCUT2D eigenvalue weighted by Gasteiger charge is -2.12. The van der Waals surface area contributed by atoms with E-state index in [1.54, 1.807) is 36.4 Å². The van der Waals surface area contributed by atoms with Crippen LogP contribution in [0.15, 0.2) is 65.6 Å². The van der Waals surface area contributed by atoms with Gasteiger partial charge in [0.2, 0.25) is 5.82 Å². The van der Waals surface area contributed by atoms with Crippen LogP contribution in [-0.4, -0.2) is 29.0 Å². The zero-order valence-corrected chi connectivity index (χ0v) is 14.8. The molecule has 1 heterocycles. The van der Waals surface area contributed by atoms with E-state index in [0.29, 0.717) is 11.3 Å². The van der Waals surface area contributed by atoms with Crippen LogP contribution in [0.25, 0.3) is 22.2 Å². The highest BCUT2D eigenvalue weighted by molar-refractivity contribution is 7.92. The third-order valence-corrected chi connectivity index (χ3v) is 5.68. The van der Waals surface area contributed by atoms with Gasteiger partial charge in [0.1, 0.15) is 4.90 Å². The summed E-state index contributed by atoms with van der Waals surface area (Å²) in [5.74, 6) is 0.285. The molecule has 0 spiro atoms. The number of H-pyrrole nitrogens is 1. The van der Waals surface area contributed by atoms with E-state index in [1.807, 2.05) is 24.3 Å².